The van der Waals surface area contributed by atoms with Crippen molar-refractivity contribution in [3.8, 4) is 5.75 Å². The van der Waals surface area contributed by atoms with E-state index in [1.165, 1.54) is 12.3 Å². The number of carboxylic acid groups (broad SMARTS) is 1. The largest absolute Gasteiger partial charge is 0.482 e. The topological polar surface area (TPSA) is 118 Å². The quantitative estimate of drug-likeness (QED) is 0.694. The van der Waals surface area contributed by atoms with Crippen LogP contribution in [0.25, 0.3) is 0 Å². The number of amides is 3. The Labute approximate surface area is 115 Å². The summed E-state index contributed by atoms with van der Waals surface area (Å²) in [5.74, 6) is -1.65. The normalized spacial score (nSPS) is 9.65. The summed E-state index contributed by atoms with van der Waals surface area (Å²) in [6.07, 6.45) is 3.19. The van der Waals surface area contributed by atoms with E-state index >= 15 is 0 Å². The molecule has 8 nitrogen and oxygen atoms in total. The van der Waals surface area contributed by atoms with Crippen LogP contribution in [0.3, 0.4) is 0 Å². The van der Waals surface area contributed by atoms with E-state index in [9.17, 15) is 14.4 Å². The summed E-state index contributed by atoms with van der Waals surface area (Å²) >= 11 is 0. The Kier molecular flexibility index (Phi) is 5.95. The van der Waals surface area contributed by atoms with E-state index < -0.39 is 24.5 Å². The third-order valence-electron chi connectivity index (χ3n) is 2.12. The van der Waals surface area contributed by atoms with Crippen LogP contribution in [0.5, 0.6) is 5.75 Å². The van der Waals surface area contributed by atoms with Gasteiger partial charge in [-0.3, -0.25) is 15.1 Å². The lowest BCUT2D eigenvalue weighted by Crippen LogP contribution is -2.41. The smallest absolute Gasteiger partial charge is 0.337 e. The molecule has 0 saturated carbocycles. The van der Waals surface area contributed by atoms with Crippen molar-refractivity contribution in [3.05, 3.63) is 24.0 Å². The van der Waals surface area contributed by atoms with Gasteiger partial charge in [0.2, 0.25) is 0 Å². The first-order valence-electron chi connectivity index (χ1n) is 5.91. The number of imide groups is 1. The van der Waals surface area contributed by atoms with Crippen LogP contribution in [0.15, 0.2) is 18.5 Å². The maximum Gasteiger partial charge on any atom is 0.337 e. The van der Waals surface area contributed by atoms with E-state index in [2.05, 4.69) is 15.6 Å². The Morgan fingerprint density at radius 3 is 2.75 bits per heavy atom. The van der Waals surface area contributed by atoms with Crippen LogP contribution in [0.1, 0.15) is 23.7 Å². The van der Waals surface area contributed by atoms with Gasteiger partial charge in [-0.25, -0.2) is 9.59 Å². The van der Waals surface area contributed by atoms with Crippen molar-refractivity contribution in [2.45, 2.75) is 13.3 Å². The van der Waals surface area contributed by atoms with Gasteiger partial charge in [-0.1, -0.05) is 6.92 Å². The van der Waals surface area contributed by atoms with E-state index in [0.29, 0.717) is 6.54 Å². The van der Waals surface area contributed by atoms with Crippen LogP contribution in [0, 0.1) is 0 Å². The lowest BCUT2D eigenvalue weighted by atomic mass is 10.3. The highest BCUT2D eigenvalue weighted by Crippen LogP contribution is 2.10. The highest BCUT2D eigenvalue weighted by molar-refractivity contribution is 5.95. The minimum Gasteiger partial charge on any atom is -0.482 e. The van der Waals surface area contributed by atoms with Crippen LogP contribution in [-0.2, 0) is 4.79 Å². The standard InChI is InChI=1S/C12H15N3O5/c1-2-3-14-12(19)15-10(16)7-20-9-4-8(11(17)18)5-13-6-9/h4-6H,2-3,7H2,1H3,(H,17,18)(H2,14,15,16,19). The van der Waals surface area contributed by atoms with Crippen molar-refractivity contribution in [2.75, 3.05) is 13.2 Å². The summed E-state index contributed by atoms with van der Waals surface area (Å²) in [7, 11) is 0. The van der Waals surface area contributed by atoms with Gasteiger partial charge >= 0.3 is 12.0 Å². The SMILES string of the molecule is CCCNC(=O)NC(=O)COc1cncc(C(=O)O)c1. The molecule has 0 atom stereocenters. The van der Waals surface area contributed by atoms with Gasteiger partial charge in [0.1, 0.15) is 5.75 Å². The predicted molar refractivity (Wildman–Crippen MR) is 68.5 cm³/mol. The number of rotatable bonds is 6. The van der Waals surface area contributed by atoms with Crippen molar-refractivity contribution in [1.29, 1.82) is 0 Å². The molecule has 0 unspecified atom stereocenters. The lowest BCUT2D eigenvalue weighted by molar-refractivity contribution is -0.122. The van der Waals surface area contributed by atoms with Gasteiger partial charge in [0.25, 0.3) is 5.91 Å². The van der Waals surface area contributed by atoms with Crippen molar-refractivity contribution in [1.82, 2.24) is 15.6 Å². The summed E-state index contributed by atoms with van der Waals surface area (Å²) in [5, 5.41) is 13.3. The summed E-state index contributed by atoms with van der Waals surface area (Å²) in [5.41, 5.74) is -0.0522. The van der Waals surface area contributed by atoms with E-state index in [-0.39, 0.29) is 11.3 Å². The highest BCUT2D eigenvalue weighted by atomic mass is 16.5. The maximum absolute atomic E-state index is 11.4. The molecule has 20 heavy (non-hydrogen) atoms. The molecular weight excluding hydrogens is 266 g/mol. The number of carbonyl (C=O) groups is 3. The van der Waals surface area contributed by atoms with Crippen LogP contribution in [0.4, 0.5) is 4.79 Å². The molecule has 3 amide bonds. The fourth-order valence-electron chi connectivity index (χ4n) is 1.21. The van der Waals surface area contributed by atoms with Crippen LogP contribution >= 0.6 is 0 Å². The number of nitrogens with zero attached hydrogens (tertiary/aromatic N) is 1. The van der Waals surface area contributed by atoms with E-state index in [1.807, 2.05) is 6.92 Å². The second kappa shape index (κ2) is 7.72. The number of nitrogens with one attached hydrogen (secondary N) is 2. The molecule has 3 N–H and O–H groups in total. The molecule has 0 bridgehead atoms. The first-order valence-corrected chi connectivity index (χ1v) is 5.91. The third kappa shape index (κ3) is 5.34. The second-order valence-electron chi connectivity index (χ2n) is 3.81. The summed E-state index contributed by atoms with van der Waals surface area (Å²) in [4.78, 5) is 36.9. The molecule has 108 valence electrons. The molecule has 8 heteroatoms. The number of aromatic nitrogens is 1. The van der Waals surface area contributed by atoms with Gasteiger partial charge in [0, 0.05) is 12.7 Å². The zero-order chi connectivity index (χ0) is 15.0. The summed E-state index contributed by atoms with van der Waals surface area (Å²) < 4.78 is 5.05. The van der Waals surface area contributed by atoms with Gasteiger partial charge in [-0.05, 0) is 12.5 Å². The first-order chi connectivity index (χ1) is 9.52. The minimum absolute atomic E-state index is 0.0522. The number of aromatic carboxylic acids is 1. The van der Waals surface area contributed by atoms with Crippen molar-refractivity contribution in [2.24, 2.45) is 0 Å². The number of ether oxygens (including phenoxy) is 1. The Morgan fingerprint density at radius 2 is 2.10 bits per heavy atom. The Balaban J connectivity index is 2.43. The zero-order valence-electron chi connectivity index (χ0n) is 10.9. The number of carbonyl (C=O) groups excluding carboxylic acids is 2. The third-order valence-corrected chi connectivity index (χ3v) is 2.12. The molecule has 0 aliphatic rings. The number of hydrogen-bond acceptors (Lipinski definition) is 5. The molecule has 1 aromatic heterocycles. The van der Waals surface area contributed by atoms with Crippen LogP contribution < -0.4 is 15.4 Å². The molecule has 1 rings (SSSR count). The van der Waals surface area contributed by atoms with Crippen LogP contribution in [0.2, 0.25) is 0 Å². The molecule has 0 radical (unpaired) electrons. The second-order valence-corrected chi connectivity index (χ2v) is 3.81. The van der Waals surface area contributed by atoms with Gasteiger partial charge in [0.15, 0.2) is 6.61 Å². The average molecular weight is 281 g/mol. The molecule has 1 heterocycles. The zero-order valence-corrected chi connectivity index (χ0v) is 10.9. The predicted octanol–water partition coefficient (Wildman–Crippen LogP) is 0.394. The lowest BCUT2D eigenvalue weighted by Gasteiger charge is -2.07. The van der Waals surface area contributed by atoms with Gasteiger partial charge in [-0.15, -0.1) is 0 Å². The Morgan fingerprint density at radius 1 is 1.35 bits per heavy atom. The van der Waals surface area contributed by atoms with E-state index in [4.69, 9.17) is 9.84 Å². The Bertz CT molecular complexity index is 504. The number of pyridine rings is 1. The molecule has 0 fully saturated rings. The highest BCUT2D eigenvalue weighted by Gasteiger charge is 2.09. The molecule has 0 spiro atoms. The molecular formula is C12H15N3O5. The van der Waals surface area contributed by atoms with Gasteiger partial charge in [0.05, 0.1) is 11.8 Å². The van der Waals surface area contributed by atoms with E-state index in [0.717, 1.165) is 12.6 Å². The van der Waals surface area contributed by atoms with Gasteiger partial charge in [-0.2, -0.15) is 0 Å². The Hall–Kier alpha value is -2.64. The molecule has 1 aromatic rings. The van der Waals surface area contributed by atoms with Crippen LogP contribution in [-0.4, -0.2) is 41.1 Å². The number of urea groups is 1. The van der Waals surface area contributed by atoms with Crippen molar-refractivity contribution < 1.29 is 24.2 Å². The fraction of sp³-hybridized carbons (Fsp3) is 0.333. The number of hydrogen-bond donors (Lipinski definition) is 3. The molecule has 0 saturated heterocycles. The molecule has 0 aliphatic heterocycles. The van der Waals surface area contributed by atoms with Crippen molar-refractivity contribution in [3.63, 3.8) is 0 Å². The minimum atomic E-state index is -1.15. The molecule has 0 aromatic carbocycles. The van der Waals surface area contributed by atoms with Gasteiger partial charge < -0.3 is 15.2 Å². The first kappa shape index (κ1) is 15.4. The monoisotopic (exact) mass is 281 g/mol. The van der Waals surface area contributed by atoms with E-state index in [1.54, 1.807) is 0 Å². The fourth-order valence-corrected chi connectivity index (χ4v) is 1.21. The summed E-state index contributed by atoms with van der Waals surface area (Å²) in [6, 6.07) is 0.637. The number of carboxylic acids is 1. The maximum atomic E-state index is 11.4. The molecule has 0 aliphatic carbocycles. The average Bonchev–Trinajstić information content (AvgIpc) is 2.43. The summed E-state index contributed by atoms with van der Waals surface area (Å²) in [6.45, 7) is 1.93. The van der Waals surface area contributed by atoms with Crippen molar-refractivity contribution >= 4 is 17.9 Å².